The number of hydrogen-bond acceptors (Lipinski definition) is 2. The van der Waals surface area contributed by atoms with Crippen molar-refractivity contribution in [3.05, 3.63) is 60.9 Å². The van der Waals surface area contributed by atoms with Crippen molar-refractivity contribution in [3.8, 4) is 0 Å². The van der Waals surface area contributed by atoms with E-state index in [1.165, 1.54) is 0 Å². The van der Waals surface area contributed by atoms with Gasteiger partial charge in [0.15, 0.2) is 0 Å². The van der Waals surface area contributed by atoms with Crippen LogP contribution in [0.3, 0.4) is 0 Å². The van der Waals surface area contributed by atoms with Gasteiger partial charge in [-0.2, -0.15) is 0 Å². The Hall–Kier alpha value is -2.88. The van der Waals surface area contributed by atoms with Gasteiger partial charge in [-0.1, -0.05) is 24.3 Å². The molecular formula is C16H10N4. The minimum absolute atomic E-state index is 0.900. The topological polar surface area (TPSA) is 34.6 Å². The summed E-state index contributed by atoms with van der Waals surface area (Å²) in [5.74, 6) is 0.900. The molecule has 20 heavy (non-hydrogen) atoms. The maximum atomic E-state index is 4.75. The first-order valence-corrected chi connectivity index (χ1v) is 6.54. The van der Waals surface area contributed by atoms with Crippen molar-refractivity contribution in [2.45, 2.75) is 0 Å². The lowest BCUT2D eigenvalue weighted by molar-refractivity contribution is 1.12. The van der Waals surface area contributed by atoms with Gasteiger partial charge in [0.2, 0.25) is 5.78 Å². The Morgan fingerprint density at radius 3 is 2.60 bits per heavy atom. The summed E-state index contributed by atoms with van der Waals surface area (Å²) in [6.45, 7) is 0. The molecule has 0 aliphatic carbocycles. The van der Waals surface area contributed by atoms with Crippen LogP contribution in [-0.4, -0.2) is 18.8 Å². The van der Waals surface area contributed by atoms with E-state index in [1.54, 1.807) is 0 Å². The molecule has 0 N–H and O–H groups in total. The van der Waals surface area contributed by atoms with Gasteiger partial charge >= 0.3 is 0 Å². The number of hydrogen-bond donors (Lipinski definition) is 0. The molecule has 0 atom stereocenters. The Balaban J connectivity index is 2.27. The van der Waals surface area contributed by atoms with Crippen LogP contribution in [0.15, 0.2) is 60.9 Å². The lowest BCUT2D eigenvalue weighted by Crippen LogP contribution is -1.96. The summed E-state index contributed by atoms with van der Waals surface area (Å²) in [4.78, 5) is 9.23. The van der Waals surface area contributed by atoms with Crippen molar-refractivity contribution in [2.24, 2.45) is 0 Å². The lowest BCUT2D eigenvalue weighted by Gasteiger charge is -2.06. The van der Waals surface area contributed by atoms with Crippen LogP contribution < -0.4 is 0 Å². The van der Waals surface area contributed by atoms with E-state index >= 15 is 0 Å². The highest BCUT2D eigenvalue weighted by molar-refractivity contribution is 5.97. The quantitative estimate of drug-likeness (QED) is 0.427. The first kappa shape index (κ1) is 9.97. The second-order valence-corrected chi connectivity index (χ2v) is 4.87. The maximum absolute atomic E-state index is 4.75. The van der Waals surface area contributed by atoms with Crippen molar-refractivity contribution in [1.29, 1.82) is 0 Å². The molecule has 0 radical (unpaired) electrons. The van der Waals surface area contributed by atoms with E-state index in [0.29, 0.717) is 0 Å². The van der Waals surface area contributed by atoms with E-state index < -0.39 is 0 Å². The van der Waals surface area contributed by atoms with Gasteiger partial charge in [0.05, 0.1) is 16.6 Å². The number of benzene rings is 2. The van der Waals surface area contributed by atoms with E-state index in [9.17, 15) is 0 Å². The van der Waals surface area contributed by atoms with Crippen LogP contribution in [0.4, 0.5) is 0 Å². The maximum Gasteiger partial charge on any atom is 0.221 e. The van der Waals surface area contributed by atoms with Gasteiger partial charge in [-0.05, 0) is 24.3 Å². The molecule has 0 fully saturated rings. The minimum Gasteiger partial charge on any atom is -0.277 e. The molecule has 3 aromatic heterocycles. The van der Waals surface area contributed by atoms with E-state index in [0.717, 1.165) is 33.4 Å². The summed E-state index contributed by atoms with van der Waals surface area (Å²) in [5, 5.41) is 1.13. The number of para-hydroxylation sites is 3. The van der Waals surface area contributed by atoms with Gasteiger partial charge < -0.3 is 0 Å². The predicted molar refractivity (Wildman–Crippen MR) is 79.0 cm³/mol. The molecule has 94 valence electrons. The summed E-state index contributed by atoms with van der Waals surface area (Å²) < 4.78 is 4.24. The molecule has 0 saturated carbocycles. The third kappa shape index (κ3) is 1.07. The monoisotopic (exact) mass is 258 g/mol. The number of rotatable bonds is 0. The van der Waals surface area contributed by atoms with Gasteiger partial charge in [0.1, 0.15) is 5.65 Å². The Bertz CT molecular complexity index is 1100. The van der Waals surface area contributed by atoms with Crippen LogP contribution in [0, 0.1) is 0 Å². The molecule has 0 amide bonds. The molecule has 0 aliphatic heterocycles. The first-order chi connectivity index (χ1) is 9.93. The standard InChI is InChI=1S/C16H10N4/c1-3-7-13-11(5-1)15-17-9-10-19(15)16-18-12-6-2-4-8-14(12)20(13)16/h1-10H. The molecule has 4 nitrogen and oxygen atoms in total. The Labute approximate surface area is 113 Å². The molecule has 5 aromatic rings. The third-order valence-electron chi connectivity index (χ3n) is 3.79. The van der Waals surface area contributed by atoms with E-state index in [2.05, 4.69) is 33.7 Å². The summed E-state index contributed by atoms with van der Waals surface area (Å²) in [6.07, 6.45) is 3.78. The van der Waals surface area contributed by atoms with Crippen molar-refractivity contribution in [1.82, 2.24) is 18.8 Å². The fraction of sp³-hybridized carbons (Fsp3) is 0. The normalized spacial score (nSPS) is 12.0. The van der Waals surface area contributed by atoms with Crippen LogP contribution >= 0.6 is 0 Å². The Kier molecular flexibility index (Phi) is 1.68. The Morgan fingerprint density at radius 2 is 1.65 bits per heavy atom. The number of imidazole rings is 2. The largest absolute Gasteiger partial charge is 0.277 e. The minimum atomic E-state index is 0.900. The molecule has 2 aromatic carbocycles. The second kappa shape index (κ2) is 3.36. The van der Waals surface area contributed by atoms with E-state index in [1.807, 2.05) is 41.1 Å². The highest BCUT2D eigenvalue weighted by Gasteiger charge is 2.12. The van der Waals surface area contributed by atoms with Crippen LogP contribution in [0.25, 0.3) is 33.4 Å². The highest BCUT2D eigenvalue weighted by Crippen LogP contribution is 2.25. The van der Waals surface area contributed by atoms with Crippen LogP contribution in [0.1, 0.15) is 0 Å². The SMILES string of the molecule is c1ccc2c(c1)nc1n3ccnc3c3ccccc3n21. The first-order valence-electron chi connectivity index (χ1n) is 6.54. The van der Waals surface area contributed by atoms with Crippen LogP contribution in [0.2, 0.25) is 0 Å². The number of nitrogens with zero attached hydrogens (tertiary/aromatic N) is 4. The zero-order valence-electron chi connectivity index (χ0n) is 10.6. The molecule has 3 heterocycles. The third-order valence-corrected chi connectivity index (χ3v) is 3.79. The summed E-state index contributed by atoms with van der Waals surface area (Å²) >= 11 is 0. The predicted octanol–water partition coefficient (Wildman–Crippen LogP) is 3.29. The number of fused-ring (bicyclic) bond motifs is 8. The van der Waals surface area contributed by atoms with Crippen molar-refractivity contribution in [3.63, 3.8) is 0 Å². The Morgan fingerprint density at radius 1 is 0.850 bits per heavy atom. The lowest BCUT2D eigenvalue weighted by atomic mass is 10.2. The fourth-order valence-corrected chi connectivity index (χ4v) is 2.93. The zero-order valence-corrected chi connectivity index (χ0v) is 10.6. The second-order valence-electron chi connectivity index (χ2n) is 4.87. The molecule has 0 unspecified atom stereocenters. The summed E-state index contributed by atoms with van der Waals surface area (Å²) in [6, 6.07) is 16.5. The van der Waals surface area contributed by atoms with Gasteiger partial charge in [-0.3, -0.25) is 8.80 Å². The van der Waals surface area contributed by atoms with Crippen LogP contribution in [0.5, 0.6) is 0 Å². The van der Waals surface area contributed by atoms with Gasteiger partial charge in [-0.25, -0.2) is 9.97 Å². The van der Waals surface area contributed by atoms with Crippen molar-refractivity contribution >= 4 is 33.4 Å². The molecular weight excluding hydrogens is 248 g/mol. The molecule has 0 saturated heterocycles. The molecule has 4 heteroatoms. The van der Waals surface area contributed by atoms with Gasteiger partial charge in [-0.15, -0.1) is 0 Å². The fourth-order valence-electron chi connectivity index (χ4n) is 2.93. The average Bonchev–Trinajstić information content (AvgIpc) is 3.12. The molecule has 0 spiro atoms. The smallest absolute Gasteiger partial charge is 0.221 e. The highest BCUT2D eigenvalue weighted by atomic mass is 15.2. The van der Waals surface area contributed by atoms with Crippen LogP contribution in [-0.2, 0) is 0 Å². The van der Waals surface area contributed by atoms with Crippen molar-refractivity contribution < 1.29 is 0 Å². The van der Waals surface area contributed by atoms with E-state index in [-0.39, 0.29) is 0 Å². The molecule has 5 rings (SSSR count). The summed E-state index contributed by atoms with van der Waals surface area (Å²) in [7, 11) is 0. The van der Waals surface area contributed by atoms with E-state index in [4.69, 9.17) is 4.98 Å². The number of aromatic nitrogens is 4. The van der Waals surface area contributed by atoms with Gasteiger partial charge in [0.25, 0.3) is 0 Å². The zero-order chi connectivity index (χ0) is 13.1. The van der Waals surface area contributed by atoms with Gasteiger partial charge in [0, 0.05) is 17.8 Å². The van der Waals surface area contributed by atoms with Crippen molar-refractivity contribution in [2.75, 3.05) is 0 Å². The molecule has 0 aliphatic rings. The average molecular weight is 258 g/mol. The molecule has 0 bridgehead atoms. The summed E-state index contributed by atoms with van der Waals surface area (Å²) in [5.41, 5.74) is 4.20.